The molecule has 2 heterocycles. The number of hydrogen-bond acceptors (Lipinski definition) is 2. The quantitative estimate of drug-likeness (QED) is 0.549. The average molecular weight is 409 g/mol. The molecule has 0 amide bonds. The standard InChI is InChI=1S/C21H20F5N3/c22-16-9-15(10-17(23)11-16)12-28-7-5-14(6-8-28)13-29-19-4-2-1-3-18(19)27-20(29)21(24,25)26/h1-4,9-11,14H,5-8,12-13H2. The highest BCUT2D eigenvalue weighted by Gasteiger charge is 2.38. The molecule has 0 N–H and O–H groups in total. The fraction of sp³-hybridized carbons (Fsp3) is 0.381. The number of piperidine rings is 1. The summed E-state index contributed by atoms with van der Waals surface area (Å²) in [5, 5.41) is 0. The molecule has 0 spiro atoms. The first-order valence-electron chi connectivity index (χ1n) is 9.49. The van der Waals surface area contributed by atoms with Crippen molar-refractivity contribution in [3.8, 4) is 0 Å². The van der Waals surface area contributed by atoms with Gasteiger partial charge in [-0.2, -0.15) is 13.2 Å². The topological polar surface area (TPSA) is 21.1 Å². The highest BCUT2D eigenvalue weighted by molar-refractivity contribution is 5.76. The molecule has 29 heavy (non-hydrogen) atoms. The Morgan fingerprint density at radius 1 is 0.966 bits per heavy atom. The van der Waals surface area contributed by atoms with Gasteiger partial charge in [0.15, 0.2) is 0 Å². The molecule has 0 radical (unpaired) electrons. The van der Waals surface area contributed by atoms with E-state index in [-0.39, 0.29) is 12.5 Å². The van der Waals surface area contributed by atoms with Crippen molar-refractivity contribution in [2.24, 2.45) is 5.92 Å². The molecule has 1 aromatic heterocycles. The summed E-state index contributed by atoms with van der Waals surface area (Å²) in [6, 6.07) is 10.1. The molecule has 1 fully saturated rings. The molecule has 4 rings (SSSR count). The molecule has 0 aliphatic carbocycles. The molecular formula is C21H20F5N3. The summed E-state index contributed by atoms with van der Waals surface area (Å²) >= 11 is 0. The number of aromatic nitrogens is 2. The number of halogens is 5. The fourth-order valence-corrected chi connectivity index (χ4v) is 4.02. The lowest BCUT2D eigenvalue weighted by Gasteiger charge is -2.32. The molecule has 3 nitrogen and oxygen atoms in total. The SMILES string of the molecule is Fc1cc(F)cc(CN2CCC(Cn3c(C(F)(F)F)nc4ccccc43)CC2)c1. The smallest absolute Gasteiger partial charge is 0.320 e. The predicted octanol–water partition coefficient (Wildman–Crippen LogP) is 5.25. The summed E-state index contributed by atoms with van der Waals surface area (Å²) in [6.07, 6.45) is -3.09. The molecule has 1 aliphatic heterocycles. The molecule has 1 saturated heterocycles. The Morgan fingerprint density at radius 3 is 2.28 bits per heavy atom. The zero-order valence-corrected chi connectivity index (χ0v) is 15.6. The number of benzene rings is 2. The van der Waals surface area contributed by atoms with Crippen LogP contribution in [0.1, 0.15) is 24.2 Å². The van der Waals surface area contributed by atoms with Gasteiger partial charge in [0.2, 0.25) is 5.82 Å². The number of imidazole rings is 1. The maximum atomic E-state index is 13.5. The minimum Gasteiger partial charge on any atom is -0.320 e. The predicted molar refractivity (Wildman–Crippen MR) is 99.1 cm³/mol. The Morgan fingerprint density at radius 2 is 1.62 bits per heavy atom. The van der Waals surface area contributed by atoms with Gasteiger partial charge in [-0.15, -0.1) is 0 Å². The van der Waals surface area contributed by atoms with Gasteiger partial charge in [-0.1, -0.05) is 12.1 Å². The zero-order chi connectivity index (χ0) is 20.6. The average Bonchev–Trinajstić information content (AvgIpc) is 3.02. The van der Waals surface area contributed by atoms with Gasteiger partial charge in [-0.05, 0) is 61.7 Å². The first-order valence-corrected chi connectivity index (χ1v) is 9.49. The van der Waals surface area contributed by atoms with Crippen LogP contribution in [-0.4, -0.2) is 27.5 Å². The van der Waals surface area contributed by atoms with Gasteiger partial charge in [-0.25, -0.2) is 13.8 Å². The Bertz CT molecular complexity index is 983. The number of likely N-dealkylation sites (tertiary alicyclic amines) is 1. The van der Waals surface area contributed by atoms with E-state index in [1.165, 1.54) is 16.7 Å². The van der Waals surface area contributed by atoms with Gasteiger partial charge >= 0.3 is 6.18 Å². The molecule has 8 heteroatoms. The number of rotatable bonds is 4. The van der Waals surface area contributed by atoms with Crippen molar-refractivity contribution in [3.63, 3.8) is 0 Å². The fourth-order valence-electron chi connectivity index (χ4n) is 4.02. The second kappa shape index (κ2) is 7.74. The second-order valence-electron chi connectivity index (χ2n) is 7.53. The minimum atomic E-state index is -4.51. The largest absolute Gasteiger partial charge is 0.449 e. The van der Waals surface area contributed by atoms with Gasteiger partial charge in [0.25, 0.3) is 0 Å². The normalized spacial score (nSPS) is 16.6. The number of fused-ring (bicyclic) bond motifs is 1. The molecular weight excluding hydrogens is 389 g/mol. The van der Waals surface area contributed by atoms with Crippen LogP contribution in [0.2, 0.25) is 0 Å². The highest BCUT2D eigenvalue weighted by atomic mass is 19.4. The van der Waals surface area contributed by atoms with E-state index >= 15 is 0 Å². The van der Waals surface area contributed by atoms with Crippen LogP contribution >= 0.6 is 0 Å². The monoisotopic (exact) mass is 409 g/mol. The maximum absolute atomic E-state index is 13.5. The van der Waals surface area contributed by atoms with Crippen LogP contribution in [0.4, 0.5) is 22.0 Å². The van der Waals surface area contributed by atoms with E-state index in [4.69, 9.17) is 0 Å². The van der Waals surface area contributed by atoms with Crippen molar-refractivity contribution >= 4 is 11.0 Å². The van der Waals surface area contributed by atoms with Crippen LogP contribution < -0.4 is 0 Å². The molecule has 154 valence electrons. The first kappa shape index (κ1) is 19.8. The van der Waals surface area contributed by atoms with Crippen LogP contribution in [0.25, 0.3) is 11.0 Å². The maximum Gasteiger partial charge on any atom is 0.449 e. The third-order valence-corrected chi connectivity index (χ3v) is 5.38. The Kier molecular flexibility index (Phi) is 5.29. The molecule has 0 bridgehead atoms. The van der Waals surface area contributed by atoms with Crippen LogP contribution in [0.15, 0.2) is 42.5 Å². The summed E-state index contributed by atoms with van der Waals surface area (Å²) in [5.74, 6) is -2.01. The van der Waals surface area contributed by atoms with Gasteiger partial charge in [0.1, 0.15) is 11.6 Å². The third-order valence-electron chi connectivity index (χ3n) is 5.38. The number of para-hydroxylation sites is 2. The van der Waals surface area contributed by atoms with Crippen LogP contribution in [0.5, 0.6) is 0 Å². The van der Waals surface area contributed by atoms with Crippen molar-refractivity contribution in [2.75, 3.05) is 13.1 Å². The number of nitrogens with zero attached hydrogens (tertiary/aromatic N) is 3. The summed E-state index contributed by atoms with van der Waals surface area (Å²) in [4.78, 5) is 5.86. The lowest BCUT2D eigenvalue weighted by molar-refractivity contribution is -0.147. The van der Waals surface area contributed by atoms with Crippen LogP contribution in [0.3, 0.4) is 0 Å². The van der Waals surface area contributed by atoms with Crippen molar-refractivity contribution < 1.29 is 22.0 Å². The van der Waals surface area contributed by atoms with Gasteiger partial charge in [-0.3, -0.25) is 4.90 Å². The van der Waals surface area contributed by atoms with E-state index in [0.717, 1.165) is 6.07 Å². The van der Waals surface area contributed by atoms with E-state index in [0.29, 0.717) is 49.1 Å². The molecule has 0 unspecified atom stereocenters. The Balaban J connectivity index is 1.45. The second-order valence-corrected chi connectivity index (χ2v) is 7.53. The van der Waals surface area contributed by atoms with Crippen molar-refractivity contribution in [1.29, 1.82) is 0 Å². The van der Waals surface area contributed by atoms with E-state index < -0.39 is 23.6 Å². The third kappa shape index (κ3) is 4.42. The Labute approximate surface area is 164 Å². The highest BCUT2D eigenvalue weighted by Crippen LogP contribution is 2.33. The van der Waals surface area contributed by atoms with Crippen LogP contribution in [0, 0.1) is 17.6 Å². The lowest BCUT2D eigenvalue weighted by atomic mass is 9.96. The summed E-state index contributed by atoms with van der Waals surface area (Å²) in [5.41, 5.74) is 1.38. The van der Waals surface area contributed by atoms with Crippen LogP contribution in [-0.2, 0) is 19.3 Å². The summed E-state index contributed by atoms with van der Waals surface area (Å²) < 4.78 is 68.4. The van der Waals surface area contributed by atoms with Gasteiger partial charge < -0.3 is 4.57 Å². The number of hydrogen-bond donors (Lipinski definition) is 0. The van der Waals surface area contributed by atoms with Gasteiger partial charge in [0, 0.05) is 19.2 Å². The minimum absolute atomic E-state index is 0.0780. The van der Waals surface area contributed by atoms with Gasteiger partial charge in [0.05, 0.1) is 11.0 Å². The Hall–Kier alpha value is -2.48. The number of alkyl halides is 3. The summed E-state index contributed by atoms with van der Waals surface area (Å²) in [7, 11) is 0. The van der Waals surface area contributed by atoms with Crippen molar-refractivity contribution in [3.05, 3.63) is 65.5 Å². The van der Waals surface area contributed by atoms with Crippen molar-refractivity contribution in [1.82, 2.24) is 14.5 Å². The molecule has 1 aliphatic rings. The molecule has 2 aromatic carbocycles. The van der Waals surface area contributed by atoms with Crippen molar-refractivity contribution in [2.45, 2.75) is 32.1 Å². The molecule has 0 saturated carbocycles. The molecule has 3 aromatic rings. The van der Waals surface area contributed by atoms with E-state index in [9.17, 15) is 22.0 Å². The molecule has 0 atom stereocenters. The van der Waals surface area contributed by atoms with E-state index in [1.807, 2.05) is 0 Å². The zero-order valence-electron chi connectivity index (χ0n) is 15.6. The van der Waals surface area contributed by atoms with E-state index in [2.05, 4.69) is 9.88 Å². The van der Waals surface area contributed by atoms with E-state index in [1.54, 1.807) is 24.3 Å². The summed E-state index contributed by atoms with van der Waals surface area (Å²) in [6.45, 7) is 1.99. The lowest BCUT2D eigenvalue weighted by Crippen LogP contribution is -2.35. The first-order chi connectivity index (χ1) is 13.8.